The first-order valence-corrected chi connectivity index (χ1v) is 7.00. The molecule has 0 unspecified atom stereocenters. The Labute approximate surface area is 119 Å². The maximum absolute atomic E-state index is 6.17. The first-order valence-electron chi connectivity index (χ1n) is 5.69. The van der Waals surface area contributed by atoms with Crippen LogP contribution in [0.3, 0.4) is 0 Å². The van der Waals surface area contributed by atoms with Gasteiger partial charge in [-0.1, -0.05) is 0 Å². The molecule has 0 radical (unpaired) electrons. The van der Waals surface area contributed by atoms with Gasteiger partial charge in [0.05, 0.1) is 11.1 Å². The molecule has 0 N–H and O–H groups in total. The highest BCUT2D eigenvalue weighted by Crippen LogP contribution is 2.23. The number of hydrogen-bond acceptors (Lipinski definition) is 0. The molecule has 1 aromatic rings. The summed E-state index contributed by atoms with van der Waals surface area (Å²) in [5, 5.41) is 0. The normalized spacial score (nSPS) is 14.2. The SMILES string of the molecule is CC(C)(C)n1cc[n+](C(C)(C)C)c1[B-](Cl)(Cl)Cl. The molecule has 0 saturated carbocycles. The predicted octanol–water partition coefficient (Wildman–Crippen LogP) is 3.15. The van der Waals surface area contributed by atoms with Crippen molar-refractivity contribution in [3.63, 3.8) is 0 Å². The molecule has 0 aliphatic carbocycles. The van der Waals surface area contributed by atoms with Crippen molar-refractivity contribution in [3.05, 3.63) is 12.4 Å². The maximum Gasteiger partial charge on any atom is 0.359 e. The lowest BCUT2D eigenvalue weighted by molar-refractivity contribution is -0.738. The van der Waals surface area contributed by atoms with E-state index in [1.165, 1.54) is 0 Å². The van der Waals surface area contributed by atoms with Gasteiger partial charge in [-0.3, -0.25) is 9.13 Å². The summed E-state index contributed by atoms with van der Waals surface area (Å²) >= 11 is 18.5. The van der Waals surface area contributed by atoms with Crippen molar-refractivity contribution in [2.75, 3.05) is 0 Å². The van der Waals surface area contributed by atoms with E-state index in [1.54, 1.807) is 0 Å². The summed E-state index contributed by atoms with van der Waals surface area (Å²) in [7, 11) is 0. The molecular formula is C11H20BCl3N2. The quantitative estimate of drug-likeness (QED) is 0.556. The minimum Gasteiger partial charge on any atom is -0.337 e. The van der Waals surface area contributed by atoms with E-state index >= 15 is 0 Å². The van der Waals surface area contributed by atoms with Crippen molar-refractivity contribution in [1.29, 1.82) is 0 Å². The molecule has 1 rings (SSSR count). The summed E-state index contributed by atoms with van der Waals surface area (Å²) in [6, 6.07) is 0. The van der Waals surface area contributed by atoms with Gasteiger partial charge in [-0.2, -0.15) is 0 Å². The summed E-state index contributed by atoms with van der Waals surface area (Å²) in [5.41, 5.74) is 0.518. The molecule has 0 aliphatic heterocycles. The summed E-state index contributed by atoms with van der Waals surface area (Å²) in [6.07, 6.45) is 3.95. The van der Waals surface area contributed by atoms with Crippen LogP contribution in [0.5, 0.6) is 0 Å². The van der Waals surface area contributed by atoms with E-state index < -0.39 is 4.39 Å². The maximum atomic E-state index is 6.17. The average molecular weight is 297 g/mol. The first kappa shape index (κ1) is 15.2. The van der Waals surface area contributed by atoms with Gasteiger partial charge in [-0.15, -0.1) is 0 Å². The summed E-state index contributed by atoms with van der Waals surface area (Å²) in [6.45, 7) is 12.6. The van der Waals surface area contributed by atoms with Crippen LogP contribution in [-0.2, 0) is 11.1 Å². The summed E-state index contributed by atoms with van der Waals surface area (Å²) < 4.78 is 1.95. The topological polar surface area (TPSA) is 8.81 Å². The molecule has 1 heterocycles. The molecule has 17 heavy (non-hydrogen) atoms. The molecule has 0 fully saturated rings. The van der Waals surface area contributed by atoms with E-state index in [-0.39, 0.29) is 11.1 Å². The van der Waals surface area contributed by atoms with E-state index in [4.69, 9.17) is 34.4 Å². The summed E-state index contributed by atoms with van der Waals surface area (Å²) in [5.74, 6) is 0. The van der Waals surface area contributed by atoms with Gasteiger partial charge in [0.15, 0.2) is 0 Å². The fourth-order valence-electron chi connectivity index (χ4n) is 1.85. The van der Waals surface area contributed by atoms with Crippen LogP contribution < -0.4 is 10.3 Å². The van der Waals surface area contributed by atoms with Gasteiger partial charge in [0, 0.05) is 0 Å². The zero-order valence-corrected chi connectivity index (χ0v) is 13.5. The zero-order valence-electron chi connectivity index (χ0n) is 11.3. The lowest BCUT2D eigenvalue weighted by atomic mass is 9.97. The molecule has 0 bridgehead atoms. The standard InChI is InChI=1S/C11H20BCl3N2/c1-10(2,3)16-7-8-17(11(4,5)6)9(16)12(13,14)15/h7-8H,1-6H3. The van der Waals surface area contributed by atoms with Gasteiger partial charge in [0.1, 0.15) is 18.1 Å². The van der Waals surface area contributed by atoms with Gasteiger partial charge >= 0.3 is 4.39 Å². The third kappa shape index (κ3) is 3.33. The number of imidazole rings is 1. The Hall–Kier alpha value is 0.145. The molecule has 98 valence electrons. The highest BCUT2D eigenvalue weighted by Gasteiger charge is 2.38. The van der Waals surface area contributed by atoms with Crippen LogP contribution in [0.1, 0.15) is 41.5 Å². The number of nitrogens with zero attached hydrogens (tertiary/aromatic N) is 2. The summed E-state index contributed by atoms with van der Waals surface area (Å²) in [4.78, 5) is 0. The molecule has 1 aromatic heterocycles. The monoisotopic (exact) mass is 296 g/mol. The van der Waals surface area contributed by atoms with E-state index in [1.807, 2.05) is 21.5 Å². The fraction of sp³-hybridized carbons (Fsp3) is 0.727. The second kappa shape index (κ2) is 4.36. The van der Waals surface area contributed by atoms with Crippen molar-refractivity contribution in [2.24, 2.45) is 0 Å². The fourth-order valence-corrected chi connectivity index (χ4v) is 2.48. The number of aromatic nitrogens is 2. The first-order chi connectivity index (χ1) is 7.35. The van der Waals surface area contributed by atoms with Gasteiger partial charge < -0.3 is 34.4 Å². The van der Waals surface area contributed by atoms with Gasteiger partial charge in [-0.05, 0) is 41.5 Å². The van der Waals surface area contributed by atoms with Crippen molar-refractivity contribution >= 4 is 44.5 Å². The Morgan fingerprint density at radius 3 is 1.82 bits per heavy atom. The molecule has 0 saturated heterocycles. The Morgan fingerprint density at radius 1 is 1.06 bits per heavy atom. The second-order valence-corrected chi connectivity index (χ2v) is 8.95. The van der Waals surface area contributed by atoms with Crippen LogP contribution in [-0.4, -0.2) is 8.96 Å². The highest BCUT2D eigenvalue weighted by atomic mass is 35.6. The zero-order chi connectivity index (χ0) is 13.6. The van der Waals surface area contributed by atoms with Gasteiger partial charge in [-0.25, -0.2) is 0 Å². The van der Waals surface area contributed by atoms with E-state index in [9.17, 15) is 0 Å². The van der Waals surface area contributed by atoms with Crippen molar-refractivity contribution < 1.29 is 4.57 Å². The Morgan fingerprint density at radius 2 is 1.53 bits per heavy atom. The van der Waals surface area contributed by atoms with Crippen LogP contribution in [0.2, 0.25) is 0 Å². The molecule has 0 aromatic carbocycles. The second-order valence-electron chi connectivity index (χ2n) is 6.31. The molecule has 0 spiro atoms. The number of rotatable bonds is 1. The molecule has 0 amide bonds. The largest absolute Gasteiger partial charge is 0.359 e. The molecule has 6 heteroatoms. The smallest absolute Gasteiger partial charge is 0.337 e. The number of halogens is 3. The third-order valence-electron chi connectivity index (χ3n) is 2.60. The Kier molecular flexibility index (Phi) is 3.90. The minimum atomic E-state index is -2.12. The van der Waals surface area contributed by atoms with Crippen LogP contribution in [0.25, 0.3) is 0 Å². The predicted molar refractivity (Wildman–Crippen MR) is 77.6 cm³/mol. The lowest BCUT2D eigenvalue weighted by Crippen LogP contribution is -2.67. The van der Waals surface area contributed by atoms with Gasteiger partial charge in [0.2, 0.25) is 0 Å². The van der Waals surface area contributed by atoms with Crippen molar-refractivity contribution in [2.45, 2.75) is 52.6 Å². The van der Waals surface area contributed by atoms with Crippen LogP contribution >= 0.6 is 34.4 Å². The Bertz CT molecular complexity index is 376. The highest BCUT2D eigenvalue weighted by molar-refractivity contribution is 7.69. The average Bonchev–Trinajstić information content (AvgIpc) is 2.42. The molecule has 0 aliphatic rings. The van der Waals surface area contributed by atoms with Crippen molar-refractivity contribution in [1.82, 2.24) is 4.57 Å². The third-order valence-corrected chi connectivity index (χ3v) is 3.18. The lowest BCUT2D eigenvalue weighted by Gasteiger charge is -2.29. The Balaban J connectivity index is 3.53. The van der Waals surface area contributed by atoms with Gasteiger partial charge in [0.25, 0.3) is 0 Å². The van der Waals surface area contributed by atoms with Crippen LogP contribution in [0, 0.1) is 0 Å². The molecule has 2 nitrogen and oxygen atoms in total. The van der Waals surface area contributed by atoms with E-state index in [0.29, 0.717) is 0 Å². The number of hydrogen-bond donors (Lipinski definition) is 0. The molecule has 0 atom stereocenters. The van der Waals surface area contributed by atoms with E-state index in [0.717, 1.165) is 5.72 Å². The van der Waals surface area contributed by atoms with Crippen LogP contribution in [0.4, 0.5) is 0 Å². The minimum absolute atomic E-state index is 0.114. The van der Waals surface area contributed by atoms with Crippen molar-refractivity contribution in [3.8, 4) is 0 Å². The molecular weight excluding hydrogens is 277 g/mol. The van der Waals surface area contributed by atoms with Crippen LogP contribution in [0.15, 0.2) is 12.4 Å². The van der Waals surface area contributed by atoms with E-state index in [2.05, 4.69) is 41.5 Å².